The zero-order valence-electron chi connectivity index (χ0n) is 10.9. The first-order valence-electron chi connectivity index (χ1n) is 5.95. The second kappa shape index (κ2) is 4.70. The van der Waals surface area contributed by atoms with E-state index in [1.165, 1.54) is 6.07 Å². The summed E-state index contributed by atoms with van der Waals surface area (Å²) in [5, 5.41) is 0.129. The molecule has 0 bridgehead atoms. The van der Waals surface area contributed by atoms with Gasteiger partial charge in [-0.05, 0) is 24.6 Å². The van der Waals surface area contributed by atoms with Gasteiger partial charge in [0.1, 0.15) is 5.82 Å². The predicted octanol–water partition coefficient (Wildman–Crippen LogP) is 1.67. The molecule has 0 radical (unpaired) electrons. The molecule has 0 N–H and O–H groups in total. The Labute approximate surface area is 127 Å². The Kier molecular flexibility index (Phi) is 3.06. The van der Waals surface area contributed by atoms with E-state index in [9.17, 15) is 23.2 Å². The molecule has 0 unspecified atom stereocenters. The molecule has 0 spiro atoms. The molecule has 6 nitrogen and oxygen atoms in total. The minimum absolute atomic E-state index is 0.129. The first-order chi connectivity index (χ1) is 10.3. The van der Waals surface area contributed by atoms with Crippen molar-refractivity contribution >= 4 is 41.0 Å². The molecule has 22 heavy (non-hydrogen) atoms. The maximum atomic E-state index is 14.1. The van der Waals surface area contributed by atoms with Gasteiger partial charge < -0.3 is 0 Å². The summed E-state index contributed by atoms with van der Waals surface area (Å²) < 4.78 is 27.8. The van der Waals surface area contributed by atoms with Crippen LogP contribution in [-0.2, 0) is 14.4 Å². The van der Waals surface area contributed by atoms with Crippen LogP contribution in [0.4, 0.5) is 14.5 Å². The first-order valence-corrected chi connectivity index (χ1v) is 6.33. The number of hydrogen-bond donors (Lipinski definition) is 0. The molecule has 0 aromatic heterocycles. The number of anilines is 1. The molecular weight excluding hydrogens is 320 g/mol. The fraction of sp³-hybridized carbons (Fsp3) is 0.0769. The minimum atomic E-state index is -1.26. The van der Waals surface area contributed by atoms with E-state index in [2.05, 4.69) is 4.99 Å². The number of halogens is 3. The van der Waals surface area contributed by atoms with Crippen molar-refractivity contribution in [2.24, 2.45) is 4.99 Å². The van der Waals surface area contributed by atoms with Gasteiger partial charge in [-0.1, -0.05) is 11.6 Å². The fourth-order valence-corrected chi connectivity index (χ4v) is 2.24. The lowest BCUT2D eigenvalue weighted by Crippen LogP contribution is -2.49. The standard InChI is InChI=1S/C13H6ClF2N3O3/c1-5-2-8(7(15)3-6(5)14)18-10(20)4-9(16)19-12(22)11(21)17-13(18)19/h2-4H,1H3. The van der Waals surface area contributed by atoms with Gasteiger partial charge in [0, 0.05) is 5.02 Å². The van der Waals surface area contributed by atoms with Crippen molar-refractivity contribution < 1.29 is 23.2 Å². The summed E-state index contributed by atoms with van der Waals surface area (Å²) in [6.45, 7) is 1.57. The summed E-state index contributed by atoms with van der Waals surface area (Å²) in [5.74, 6) is -6.20. The molecule has 0 aliphatic carbocycles. The third kappa shape index (κ3) is 1.92. The van der Waals surface area contributed by atoms with E-state index in [1.54, 1.807) is 6.92 Å². The second-order valence-electron chi connectivity index (χ2n) is 4.55. The van der Waals surface area contributed by atoms with Crippen molar-refractivity contribution in [3.8, 4) is 0 Å². The maximum Gasteiger partial charge on any atom is 0.339 e. The minimum Gasteiger partial charge on any atom is -0.269 e. The molecule has 9 heteroatoms. The summed E-state index contributed by atoms with van der Waals surface area (Å²) in [4.78, 5) is 39.2. The van der Waals surface area contributed by atoms with Gasteiger partial charge in [0.2, 0.25) is 11.9 Å². The summed E-state index contributed by atoms with van der Waals surface area (Å²) in [5.41, 5.74) is 0.158. The Balaban J connectivity index is 2.21. The van der Waals surface area contributed by atoms with Crippen LogP contribution in [0.5, 0.6) is 0 Å². The van der Waals surface area contributed by atoms with Crippen LogP contribution >= 0.6 is 11.6 Å². The van der Waals surface area contributed by atoms with Gasteiger partial charge in [-0.15, -0.1) is 0 Å². The molecule has 0 fully saturated rings. The normalized spacial score (nSPS) is 17.7. The molecule has 1 aromatic carbocycles. The average Bonchev–Trinajstić information content (AvgIpc) is 2.71. The van der Waals surface area contributed by atoms with Crippen molar-refractivity contribution in [1.82, 2.24) is 4.90 Å². The highest BCUT2D eigenvalue weighted by Crippen LogP contribution is 2.31. The molecule has 0 saturated carbocycles. The fourth-order valence-electron chi connectivity index (χ4n) is 2.09. The number of carbonyl (C=O) groups excluding carboxylic acids is 3. The smallest absolute Gasteiger partial charge is 0.269 e. The monoisotopic (exact) mass is 325 g/mol. The van der Waals surface area contributed by atoms with Gasteiger partial charge in [-0.25, -0.2) is 14.2 Å². The van der Waals surface area contributed by atoms with E-state index in [1.807, 2.05) is 0 Å². The number of aryl methyl sites for hydroxylation is 1. The quantitative estimate of drug-likeness (QED) is 0.582. The van der Waals surface area contributed by atoms with Gasteiger partial charge in [0.25, 0.3) is 5.91 Å². The topological polar surface area (TPSA) is 70.1 Å². The summed E-state index contributed by atoms with van der Waals surface area (Å²) in [6, 6.07) is 2.21. The van der Waals surface area contributed by atoms with Crippen LogP contribution in [0.25, 0.3) is 0 Å². The van der Waals surface area contributed by atoms with Gasteiger partial charge >= 0.3 is 11.8 Å². The van der Waals surface area contributed by atoms with E-state index in [4.69, 9.17) is 11.6 Å². The molecule has 2 heterocycles. The number of carbonyl (C=O) groups is 3. The molecule has 0 saturated heterocycles. The highest BCUT2D eigenvalue weighted by Gasteiger charge is 2.45. The molecule has 3 rings (SSSR count). The van der Waals surface area contributed by atoms with Crippen LogP contribution in [0.1, 0.15) is 5.56 Å². The van der Waals surface area contributed by atoms with E-state index in [0.717, 1.165) is 6.07 Å². The third-order valence-electron chi connectivity index (χ3n) is 3.13. The summed E-state index contributed by atoms with van der Waals surface area (Å²) >= 11 is 5.78. The van der Waals surface area contributed by atoms with Crippen molar-refractivity contribution in [2.45, 2.75) is 6.92 Å². The van der Waals surface area contributed by atoms with Gasteiger partial charge in [-0.2, -0.15) is 9.38 Å². The molecule has 112 valence electrons. The number of guanidine groups is 1. The number of benzene rings is 1. The largest absolute Gasteiger partial charge is 0.339 e. The lowest BCUT2D eigenvalue weighted by molar-refractivity contribution is -0.139. The average molecular weight is 326 g/mol. The highest BCUT2D eigenvalue weighted by atomic mass is 35.5. The number of aliphatic imine (C=N–C) groups is 1. The van der Waals surface area contributed by atoms with Gasteiger partial charge in [0.05, 0.1) is 11.8 Å². The predicted molar refractivity (Wildman–Crippen MR) is 72.1 cm³/mol. The third-order valence-corrected chi connectivity index (χ3v) is 3.54. The number of amides is 3. The van der Waals surface area contributed by atoms with E-state index >= 15 is 0 Å². The van der Waals surface area contributed by atoms with Crippen molar-refractivity contribution in [2.75, 3.05) is 4.90 Å². The maximum absolute atomic E-state index is 14.1. The number of nitrogens with zero attached hydrogens (tertiary/aromatic N) is 3. The molecule has 0 atom stereocenters. The summed E-state index contributed by atoms with van der Waals surface area (Å²) in [7, 11) is 0. The number of rotatable bonds is 1. The Morgan fingerprint density at radius 3 is 2.50 bits per heavy atom. The number of fused-ring (bicyclic) bond motifs is 1. The van der Waals surface area contributed by atoms with Crippen molar-refractivity contribution in [3.05, 3.63) is 40.6 Å². The van der Waals surface area contributed by atoms with Crippen molar-refractivity contribution in [3.63, 3.8) is 0 Å². The molecule has 1 aromatic rings. The zero-order valence-corrected chi connectivity index (χ0v) is 11.7. The lowest BCUT2D eigenvalue weighted by Gasteiger charge is -2.29. The Hall–Kier alpha value is -2.61. The van der Waals surface area contributed by atoms with Crippen LogP contribution in [0, 0.1) is 12.7 Å². The second-order valence-corrected chi connectivity index (χ2v) is 4.96. The van der Waals surface area contributed by atoms with Crippen LogP contribution in [0.3, 0.4) is 0 Å². The Morgan fingerprint density at radius 2 is 1.82 bits per heavy atom. The van der Waals surface area contributed by atoms with E-state index < -0.39 is 35.4 Å². The van der Waals surface area contributed by atoms with Gasteiger partial charge in [0.15, 0.2) is 0 Å². The van der Waals surface area contributed by atoms with E-state index in [-0.39, 0.29) is 10.7 Å². The van der Waals surface area contributed by atoms with Crippen LogP contribution in [-0.4, -0.2) is 28.6 Å². The SMILES string of the molecule is Cc1cc(N2C(=O)C=C(F)N3C(=O)C(=O)N=C32)c(F)cc1Cl. The molecule has 2 aliphatic heterocycles. The number of hydrogen-bond acceptors (Lipinski definition) is 3. The highest BCUT2D eigenvalue weighted by molar-refractivity contribution is 6.48. The van der Waals surface area contributed by atoms with E-state index in [0.29, 0.717) is 21.4 Å². The van der Waals surface area contributed by atoms with Crippen LogP contribution < -0.4 is 4.90 Å². The molecule has 2 aliphatic rings. The first kappa shape index (κ1) is 14.3. The zero-order chi connectivity index (χ0) is 16.2. The van der Waals surface area contributed by atoms with Gasteiger partial charge in [-0.3, -0.25) is 14.4 Å². The van der Waals surface area contributed by atoms with Crippen LogP contribution in [0.15, 0.2) is 29.2 Å². The molecular formula is C13H6ClF2N3O3. The Morgan fingerprint density at radius 1 is 1.14 bits per heavy atom. The van der Waals surface area contributed by atoms with Crippen LogP contribution in [0.2, 0.25) is 5.02 Å². The lowest BCUT2D eigenvalue weighted by atomic mass is 10.2. The Bertz CT molecular complexity index is 819. The summed E-state index contributed by atoms with van der Waals surface area (Å²) in [6.07, 6.45) is 0.471. The van der Waals surface area contributed by atoms with Crippen molar-refractivity contribution in [1.29, 1.82) is 0 Å². The molecule has 3 amide bonds.